The third-order valence-electron chi connectivity index (χ3n) is 4.89. The molecule has 0 saturated carbocycles. The second-order valence-electron chi connectivity index (χ2n) is 6.54. The zero-order chi connectivity index (χ0) is 19.2. The fourth-order valence-electron chi connectivity index (χ4n) is 4.04. The first-order chi connectivity index (χ1) is 12.8. The SMILES string of the molecule is C[N+]1=C(c2ccccc2)C2c3cccc4cccc(c34)C2O1.F[B-](F)(F)F. The summed E-state index contributed by atoms with van der Waals surface area (Å²) < 4.78 is 41.0. The number of hydroxylamine groups is 1. The number of benzene rings is 3. The molecule has 1 aliphatic carbocycles. The molecule has 2 unspecified atom stereocenters. The van der Waals surface area contributed by atoms with E-state index in [1.807, 2.05) is 11.8 Å². The zero-order valence-corrected chi connectivity index (χ0v) is 14.5. The van der Waals surface area contributed by atoms with Crippen LogP contribution in [-0.2, 0) is 4.84 Å². The van der Waals surface area contributed by atoms with Gasteiger partial charge in [0.2, 0.25) is 11.8 Å². The van der Waals surface area contributed by atoms with E-state index in [1.165, 1.54) is 33.2 Å². The molecule has 3 aromatic carbocycles. The summed E-state index contributed by atoms with van der Waals surface area (Å²) in [5.41, 5.74) is 5.20. The molecule has 2 atom stereocenters. The van der Waals surface area contributed by atoms with Crippen molar-refractivity contribution in [2.24, 2.45) is 0 Å². The van der Waals surface area contributed by atoms with Crippen LogP contribution >= 0.6 is 0 Å². The number of fused-ring (bicyclic) bond motifs is 3. The van der Waals surface area contributed by atoms with Crippen LogP contribution in [0.25, 0.3) is 10.8 Å². The molecular weight excluding hydrogens is 357 g/mol. The molecule has 0 saturated heterocycles. The molecule has 7 heteroatoms. The highest BCUT2D eigenvalue weighted by Gasteiger charge is 2.50. The molecule has 5 rings (SSSR count). The van der Waals surface area contributed by atoms with Gasteiger partial charge in [0, 0.05) is 11.1 Å². The van der Waals surface area contributed by atoms with E-state index in [9.17, 15) is 17.3 Å². The maximum absolute atomic E-state index is 9.75. The Balaban J connectivity index is 0.000000323. The van der Waals surface area contributed by atoms with Crippen LogP contribution in [0.2, 0.25) is 0 Å². The minimum Gasteiger partial charge on any atom is -0.418 e. The lowest BCUT2D eigenvalue weighted by Crippen LogP contribution is -2.16. The van der Waals surface area contributed by atoms with E-state index >= 15 is 0 Å². The highest BCUT2D eigenvalue weighted by Crippen LogP contribution is 2.51. The van der Waals surface area contributed by atoms with Gasteiger partial charge in [0.25, 0.3) is 0 Å². The molecule has 3 aromatic rings. The number of halogens is 4. The highest BCUT2D eigenvalue weighted by atomic mass is 19.5. The average Bonchev–Trinajstić information content (AvgIpc) is 3.11. The van der Waals surface area contributed by atoms with Crippen molar-refractivity contribution in [3.63, 3.8) is 0 Å². The molecule has 1 heterocycles. The van der Waals surface area contributed by atoms with Gasteiger partial charge in [0.15, 0.2) is 7.05 Å². The van der Waals surface area contributed by atoms with Gasteiger partial charge >= 0.3 is 7.25 Å². The number of nitrogens with zero attached hydrogens (tertiary/aromatic N) is 1. The van der Waals surface area contributed by atoms with E-state index in [4.69, 9.17) is 4.84 Å². The summed E-state index contributed by atoms with van der Waals surface area (Å²) in [6.45, 7) is 0. The molecule has 2 nitrogen and oxygen atoms in total. The Hall–Kier alpha value is -2.83. The van der Waals surface area contributed by atoms with Crippen molar-refractivity contribution >= 4 is 23.7 Å². The van der Waals surface area contributed by atoms with Crippen LogP contribution in [0.15, 0.2) is 66.7 Å². The van der Waals surface area contributed by atoms with E-state index in [0.29, 0.717) is 0 Å². The maximum atomic E-state index is 9.75. The van der Waals surface area contributed by atoms with Gasteiger partial charge in [-0.3, -0.25) is 4.84 Å². The van der Waals surface area contributed by atoms with Gasteiger partial charge in [-0.15, -0.1) is 0 Å². The monoisotopic (exact) mass is 373 g/mol. The number of rotatable bonds is 1. The first kappa shape index (κ1) is 17.6. The van der Waals surface area contributed by atoms with Crippen molar-refractivity contribution in [2.45, 2.75) is 12.0 Å². The molecule has 0 N–H and O–H groups in total. The van der Waals surface area contributed by atoms with E-state index in [-0.39, 0.29) is 12.0 Å². The first-order valence-electron chi connectivity index (χ1n) is 8.56. The molecular formula is C20H16BF4NO. The quantitative estimate of drug-likeness (QED) is 0.318. The van der Waals surface area contributed by atoms with Gasteiger partial charge < -0.3 is 17.3 Å². The first-order valence-corrected chi connectivity index (χ1v) is 8.56. The largest absolute Gasteiger partial charge is 0.673 e. The predicted molar refractivity (Wildman–Crippen MR) is 97.4 cm³/mol. The smallest absolute Gasteiger partial charge is 0.418 e. The van der Waals surface area contributed by atoms with Crippen LogP contribution in [0.1, 0.15) is 28.7 Å². The van der Waals surface area contributed by atoms with Crippen LogP contribution in [0.4, 0.5) is 17.3 Å². The third kappa shape index (κ3) is 3.18. The Morgan fingerprint density at radius 3 is 2.04 bits per heavy atom. The lowest BCUT2D eigenvalue weighted by atomic mass is 9.89. The summed E-state index contributed by atoms with van der Waals surface area (Å²) in [5, 5.41) is 2.68. The normalized spacial score (nSPS) is 20.2. The molecule has 0 spiro atoms. The predicted octanol–water partition coefficient (Wildman–Crippen LogP) is 5.35. The fourth-order valence-corrected chi connectivity index (χ4v) is 4.04. The summed E-state index contributed by atoms with van der Waals surface area (Å²) in [7, 11) is -3.98. The molecule has 0 bridgehead atoms. The molecule has 1 aliphatic heterocycles. The summed E-state index contributed by atoms with van der Waals surface area (Å²) >= 11 is 0. The molecule has 0 amide bonds. The highest BCUT2D eigenvalue weighted by molar-refractivity contribution is 6.50. The maximum Gasteiger partial charge on any atom is 0.673 e. The topological polar surface area (TPSA) is 12.2 Å². The van der Waals surface area contributed by atoms with E-state index in [1.54, 1.807) is 0 Å². The van der Waals surface area contributed by atoms with Gasteiger partial charge in [-0.25, -0.2) is 0 Å². The van der Waals surface area contributed by atoms with Crippen LogP contribution < -0.4 is 0 Å². The van der Waals surface area contributed by atoms with Gasteiger partial charge in [-0.1, -0.05) is 54.6 Å². The second kappa shape index (κ2) is 6.41. The minimum atomic E-state index is -6.00. The standard InChI is InChI=1S/C20H16NO.BF4/c1-21-19(14-7-3-2-4-8-14)18-15-11-5-9-13-10-6-12-16(17(13)15)20(18)22-21;2-1(3,4)5/h2-12,18,20H,1H3;/q+1;-1. The van der Waals surface area contributed by atoms with Crippen molar-refractivity contribution < 1.29 is 26.8 Å². The molecule has 2 aliphatic rings. The van der Waals surface area contributed by atoms with Crippen molar-refractivity contribution in [3.05, 3.63) is 83.4 Å². The van der Waals surface area contributed by atoms with Crippen molar-refractivity contribution in [2.75, 3.05) is 7.05 Å². The van der Waals surface area contributed by atoms with Crippen LogP contribution in [-0.4, -0.2) is 24.8 Å². The molecule has 0 aromatic heterocycles. The summed E-state index contributed by atoms with van der Waals surface area (Å²) in [4.78, 5) is 6.22. The molecule has 0 fully saturated rings. The lowest BCUT2D eigenvalue weighted by molar-refractivity contribution is -0.769. The van der Waals surface area contributed by atoms with Crippen molar-refractivity contribution in [1.29, 1.82) is 0 Å². The van der Waals surface area contributed by atoms with Gasteiger partial charge in [-0.2, -0.15) is 0 Å². The van der Waals surface area contributed by atoms with Crippen molar-refractivity contribution in [1.82, 2.24) is 0 Å². The Morgan fingerprint density at radius 1 is 0.815 bits per heavy atom. The van der Waals surface area contributed by atoms with Gasteiger partial charge in [-0.05, 0) is 33.2 Å². The minimum absolute atomic E-state index is 0.0984. The van der Waals surface area contributed by atoms with E-state index < -0.39 is 7.25 Å². The Kier molecular flexibility index (Phi) is 4.17. The summed E-state index contributed by atoms with van der Waals surface area (Å²) in [6.07, 6.45) is 0.0984. The Bertz CT molecular complexity index is 1020. The Labute approximate surface area is 153 Å². The van der Waals surface area contributed by atoms with Crippen LogP contribution in [0.5, 0.6) is 0 Å². The molecule has 138 valence electrons. The van der Waals surface area contributed by atoms with Gasteiger partial charge in [0.05, 0.1) is 0 Å². The summed E-state index contributed by atoms with van der Waals surface area (Å²) in [5.74, 6) is 0.286. The molecule has 0 radical (unpaired) electrons. The van der Waals surface area contributed by atoms with E-state index in [0.717, 1.165) is 0 Å². The Morgan fingerprint density at radius 2 is 1.41 bits per heavy atom. The number of hydrogen-bond acceptors (Lipinski definition) is 1. The molecule has 27 heavy (non-hydrogen) atoms. The fraction of sp³-hybridized carbons (Fsp3) is 0.150. The zero-order valence-electron chi connectivity index (χ0n) is 14.5. The second-order valence-corrected chi connectivity index (χ2v) is 6.54. The van der Waals surface area contributed by atoms with E-state index in [2.05, 4.69) is 66.7 Å². The van der Waals surface area contributed by atoms with Crippen molar-refractivity contribution in [3.8, 4) is 0 Å². The average molecular weight is 373 g/mol. The lowest BCUT2D eigenvalue weighted by Gasteiger charge is -2.06. The van der Waals surface area contributed by atoms with Crippen LogP contribution in [0.3, 0.4) is 0 Å². The van der Waals surface area contributed by atoms with Gasteiger partial charge in [0.1, 0.15) is 5.92 Å². The third-order valence-corrected chi connectivity index (χ3v) is 4.89. The number of hydrogen-bond donors (Lipinski definition) is 0. The summed E-state index contributed by atoms with van der Waals surface area (Å²) in [6, 6.07) is 23.7. The van der Waals surface area contributed by atoms with Crippen LogP contribution in [0, 0.1) is 0 Å².